The summed E-state index contributed by atoms with van der Waals surface area (Å²) >= 11 is 6.18. The van der Waals surface area contributed by atoms with Gasteiger partial charge in [-0.2, -0.15) is 5.10 Å². The van der Waals surface area contributed by atoms with Crippen LogP contribution in [-0.4, -0.2) is 63.8 Å². The third-order valence-electron chi connectivity index (χ3n) is 6.04. The van der Waals surface area contributed by atoms with Crippen LogP contribution in [0.4, 0.5) is 11.4 Å². The molecule has 3 aromatic rings. The summed E-state index contributed by atoms with van der Waals surface area (Å²) in [7, 11) is 0. The molecule has 1 aromatic heterocycles. The van der Waals surface area contributed by atoms with E-state index in [0.29, 0.717) is 28.7 Å². The van der Waals surface area contributed by atoms with Crippen molar-refractivity contribution in [2.24, 2.45) is 0 Å². The molecule has 0 saturated carbocycles. The quantitative estimate of drug-likeness (QED) is 0.603. The van der Waals surface area contributed by atoms with Gasteiger partial charge >= 0.3 is 0 Å². The van der Waals surface area contributed by atoms with Crippen LogP contribution in [-0.2, 0) is 9.59 Å². The molecule has 0 radical (unpaired) electrons. The number of amides is 2. The highest BCUT2D eigenvalue weighted by Crippen LogP contribution is 2.34. The van der Waals surface area contributed by atoms with Crippen LogP contribution in [0.15, 0.2) is 55.1 Å². The van der Waals surface area contributed by atoms with Crippen LogP contribution in [0.25, 0.3) is 5.69 Å². The number of hydrogen-bond donors (Lipinski definition) is 1. The second-order valence-electron chi connectivity index (χ2n) is 8.39. The van der Waals surface area contributed by atoms with E-state index in [0.717, 1.165) is 38.0 Å². The summed E-state index contributed by atoms with van der Waals surface area (Å²) in [5.74, 6) is 0.329. The summed E-state index contributed by atoms with van der Waals surface area (Å²) < 4.78 is 7.62. The molecule has 2 amide bonds. The monoisotopic (exact) mass is 480 g/mol. The molecule has 0 bridgehead atoms. The van der Waals surface area contributed by atoms with Crippen LogP contribution >= 0.6 is 11.6 Å². The summed E-state index contributed by atoms with van der Waals surface area (Å²) in [4.78, 5) is 34.0. The third kappa shape index (κ3) is 4.70. The lowest BCUT2D eigenvalue weighted by molar-refractivity contribution is -0.139. The zero-order chi connectivity index (χ0) is 23.5. The van der Waals surface area contributed by atoms with Crippen molar-refractivity contribution >= 4 is 34.8 Å². The number of carbonyl (C=O) groups is 2. The lowest BCUT2D eigenvalue weighted by Gasteiger charge is -2.38. The number of hydrogen-bond acceptors (Lipinski definition) is 6. The van der Waals surface area contributed by atoms with Gasteiger partial charge in [-0.3, -0.25) is 9.59 Å². The van der Waals surface area contributed by atoms with E-state index >= 15 is 0 Å². The zero-order valence-electron chi connectivity index (χ0n) is 18.6. The number of nitrogens with one attached hydrogen (secondary N) is 1. The number of ether oxygens (including phenoxy) is 1. The second-order valence-corrected chi connectivity index (χ2v) is 8.83. The van der Waals surface area contributed by atoms with Gasteiger partial charge in [0.15, 0.2) is 6.10 Å². The highest BCUT2D eigenvalue weighted by Gasteiger charge is 2.34. The summed E-state index contributed by atoms with van der Waals surface area (Å²) in [6, 6.07) is 12.6. The smallest absolute Gasteiger partial charge is 0.265 e. The van der Waals surface area contributed by atoms with E-state index < -0.39 is 6.10 Å². The van der Waals surface area contributed by atoms with E-state index in [1.165, 1.54) is 6.33 Å². The highest BCUT2D eigenvalue weighted by atomic mass is 35.5. The van der Waals surface area contributed by atoms with Gasteiger partial charge in [0.2, 0.25) is 5.91 Å². The number of halogens is 1. The molecule has 176 valence electrons. The van der Waals surface area contributed by atoms with Gasteiger partial charge in [-0.05, 0) is 49.6 Å². The van der Waals surface area contributed by atoms with Gasteiger partial charge in [0, 0.05) is 18.1 Å². The fourth-order valence-electron chi connectivity index (χ4n) is 4.41. The Kier molecular flexibility index (Phi) is 6.35. The molecule has 1 fully saturated rings. The first-order chi connectivity index (χ1) is 16.6. The number of carbonyl (C=O) groups excluding carboxylic acids is 2. The fourth-order valence-corrected chi connectivity index (χ4v) is 4.58. The molecule has 0 aliphatic carbocycles. The average molecular weight is 481 g/mol. The number of fused-ring (bicyclic) bond motifs is 1. The first-order valence-electron chi connectivity index (χ1n) is 11.3. The Labute approximate surface area is 202 Å². The van der Waals surface area contributed by atoms with Gasteiger partial charge in [0.25, 0.3) is 5.91 Å². The Hall–Kier alpha value is -3.59. The van der Waals surface area contributed by atoms with Crippen molar-refractivity contribution < 1.29 is 14.3 Å². The van der Waals surface area contributed by atoms with Crippen LogP contribution in [0.2, 0.25) is 5.02 Å². The van der Waals surface area contributed by atoms with E-state index in [4.69, 9.17) is 16.3 Å². The van der Waals surface area contributed by atoms with Crippen molar-refractivity contribution in [2.45, 2.75) is 25.4 Å². The number of benzene rings is 2. The van der Waals surface area contributed by atoms with Gasteiger partial charge in [-0.15, -0.1) is 0 Å². The molecule has 10 heteroatoms. The summed E-state index contributed by atoms with van der Waals surface area (Å²) in [5.41, 5.74) is 1.95. The van der Waals surface area contributed by atoms with Gasteiger partial charge in [-0.1, -0.05) is 23.7 Å². The number of anilines is 2. The van der Waals surface area contributed by atoms with Crippen LogP contribution in [0.3, 0.4) is 0 Å². The van der Waals surface area contributed by atoms with Crippen molar-refractivity contribution in [3.63, 3.8) is 0 Å². The van der Waals surface area contributed by atoms with Crippen molar-refractivity contribution in [3.8, 4) is 11.4 Å². The topological polar surface area (TPSA) is 92.6 Å². The first-order valence-corrected chi connectivity index (χ1v) is 11.7. The molecule has 1 atom stereocenters. The minimum atomic E-state index is -0.655. The molecule has 34 heavy (non-hydrogen) atoms. The van der Waals surface area contributed by atoms with Crippen molar-refractivity contribution in [1.29, 1.82) is 0 Å². The summed E-state index contributed by atoms with van der Waals surface area (Å²) in [5, 5.41) is 7.57. The van der Waals surface area contributed by atoms with Crippen LogP contribution in [0.5, 0.6) is 5.75 Å². The Balaban J connectivity index is 1.34. The van der Waals surface area contributed by atoms with Gasteiger partial charge in [0.1, 0.15) is 18.4 Å². The minimum Gasteiger partial charge on any atom is -0.477 e. The Morgan fingerprint density at radius 3 is 2.71 bits per heavy atom. The summed E-state index contributed by atoms with van der Waals surface area (Å²) in [6.45, 7) is 1.85. The maximum absolute atomic E-state index is 13.1. The maximum Gasteiger partial charge on any atom is 0.265 e. The molecule has 3 heterocycles. The minimum absolute atomic E-state index is 0.0251. The van der Waals surface area contributed by atoms with Crippen LogP contribution in [0.1, 0.15) is 19.3 Å². The number of aromatic nitrogens is 3. The molecular weight excluding hydrogens is 456 g/mol. The van der Waals surface area contributed by atoms with Crippen LogP contribution in [0, 0.1) is 0 Å². The van der Waals surface area contributed by atoms with E-state index in [1.807, 2.05) is 34.1 Å². The van der Waals surface area contributed by atoms with Gasteiger partial charge in [0.05, 0.1) is 30.2 Å². The molecule has 1 N–H and O–H groups in total. The largest absolute Gasteiger partial charge is 0.477 e. The van der Waals surface area contributed by atoms with E-state index in [9.17, 15) is 9.59 Å². The standard InChI is InChI=1S/C24H25ClN6O3/c25-17-8-9-19(31-16-26-15-27-31)18(12-17)28-23(32)14-30-13-22(24(33)29-10-4-1-5-11-29)34-21-7-3-2-6-20(21)30/h2-3,6-9,12,15-16,22H,1,4-5,10-11,13-14H2,(H,28,32)/t22-/m1/s1. The molecule has 0 unspecified atom stereocenters. The number of nitrogens with zero attached hydrogens (tertiary/aromatic N) is 5. The van der Waals surface area contributed by atoms with Crippen molar-refractivity contribution in [2.75, 3.05) is 36.4 Å². The number of para-hydroxylation sites is 2. The molecule has 2 aliphatic rings. The summed E-state index contributed by atoms with van der Waals surface area (Å²) in [6.07, 6.45) is 5.48. The third-order valence-corrected chi connectivity index (χ3v) is 6.27. The van der Waals surface area contributed by atoms with Crippen LogP contribution < -0.4 is 15.0 Å². The lowest BCUT2D eigenvalue weighted by Crippen LogP contribution is -2.52. The lowest BCUT2D eigenvalue weighted by atomic mass is 10.1. The van der Waals surface area contributed by atoms with Gasteiger partial charge in [-0.25, -0.2) is 9.67 Å². The highest BCUT2D eigenvalue weighted by molar-refractivity contribution is 6.31. The molecular formula is C24H25ClN6O3. The fraction of sp³-hybridized carbons (Fsp3) is 0.333. The van der Waals surface area contributed by atoms with Gasteiger partial charge < -0.3 is 19.9 Å². The Bertz CT molecular complexity index is 1180. The molecule has 9 nitrogen and oxygen atoms in total. The van der Waals surface area contributed by atoms with E-state index in [2.05, 4.69) is 15.4 Å². The molecule has 2 aliphatic heterocycles. The van der Waals surface area contributed by atoms with E-state index in [1.54, 1.807) is 29.2 Å². The average Bonchev–Trinajstić information content (AvgIpc) is 3.39. The molecule has 2 aromatic carbocycles. The zero-order valence-corrected chi connectivity index (χ0v) is 19.3. The second kappa shape index (κ2) is 9.72. The Morgan fingerprint density at radius 2 is 1.91 bits per heavy atom. The SMILES string of the molecule is O=C(CN1C[C@H](C(=O)N2CCCCC2)Oc2ccccc21)Nc1cc(Cl)ccc1-n1cncn1. The number of rotatable bonds is 5. The first kappa shape index (κ1) is 22.2. The van der Waals surface area contributed by atoms with Crippen molar-refractivity contribution in [1.82, 2.24) is 19.7 Å². The molecule has 1 saturated heterocycles. The number of piperidine rings is 1. The molecule has 0 spiro atoms. The van der Waals surface area contributed by atoms with Crippen molar-refractivity contribution in [3.05, 3.63) is 60.1 Å². The normalized spacial score (nSPS) is 17.6. The predicted molar refractivity (Wildman–Crippen MR) is 129 cm³/mol. The Morgan fingerprint density at radius 1 is 1.09 bits per heavy atom. The maximum atomic E-state index is 13.1. The molecule has 5 rings (SSSR count). The van der Waals surface area contributed by atoms with E-state index in [-0.39, 0.29) is 18.4 Å². The predicted octanol–water partition coefficient (Wildman–Crippen LogP) is 3.14. The number of likely N-dealkylation sites (tertiary alicyclic amines) is 1.